The molecular formula is C19H23N7O. The van der Waals surface area contributed by atoms with Crippen LogP contribution in [0.3, 0.4) is 0 Å². The molecule has 4 rings (SSSR count). The molecule has 0 spiro atoms. The van der Waals surface area contributed by atoms with Crippen LogP contribution in [0.5, 0.6) is 0 Å². The van der Waals surface area contributed by atoms with Gasteiger partial charge in [-0.25, -0.2) is 4.98 Å². The Morgan fingerprint density at radius 1 is 1.15 bits per heavy atom. The molecule has 1 saturated heterocycles. The zero-order valence-electron chi connectivity index (χ0n) is 15.4. The number of nitrogens with zero attached hydrogens (tertiary/aromatic N) is 6. The number of aromatic nitrogens is 4. The van der Waals surface area contributed by atoms with Crippen LogP contribution in [-0.2, 0) is 4.79 Å². The second-order valence-electron chi connectivity index (χ2n) is 6.63. The first-order valence-corrected chi connectivity index (χ1v) is 9.20. The van der Waals surface area contributed by atoms with E-state index in [1.165, 1.54) is 12.0 Å². The fourth-order valence-corrected chi connectivity index (χ4v) is 3.36. The van der Waals surface area contributed by atoms with E-state index < -0.39 is 0 Å². The van der Waals surface area contributed by atoms with Gasteiger partial charge in [0.05, 0.1) is 0 Å². The summed E-state index contributed by atoms with van der Waals surface area (Å²) in [6, 6.07) is 12.3. The minimum absolute atomic E-state index is 0.177. The molecule has 0 bridgehead atoms. The molecule has 1 fully saturated rings. The van der Waals surface area contributed by atoms with Crippen LogP contribution in [0.4, 0.5) is 11.5 Å². The Kier molecular flexibility index (Phi) is 4.86. The van der Waals surface area contributed by atoms with Gasteiger partial charge in [0.25, 0.3) is 5.78 Å². The fraction of sp³-hybridized carbons (Fsp3) is 0.368. The summed E-state index contributed by atoms with van der Waals surface area (Å²) in [6.45, 7) is 5.72. The molecular weight excluding hydrogens is 342 g/mol. The van der Waals surface area contributed by atoms with E-state index >= 15 is 0 Å². The van der Waals surface area contributed by atoms with Gasteiger partial charge in [-0.15, -0.1) is 0 Å². The smallest absolute Gasteiger partial charge is 0.254 e. The third-order valence-electron chi connectivity index (χ3n) is 4.78. The van der Waals surface area contributed by atoms with E-state index in [2.05, 4.69) is 37.4 Å². The van der Waals surface area contributed by atoms with Crippen LogP contribution in [0, 0.1) is 6.92 Å². The van der Waals surface area contributed by atoms with Crippen molar-refractivity contribution < 1.29 is 4.79 Å². The number of carbonyl (C=O) groups excluding carboxylic acids is 1. The van der Waals surface area contributed by atoms with E-state index in [1.807, 2.05) is 36.1 Å². The summed E-state index contributed by atoms with van der Waals surface area (Å²) in [5, 5.41) is 7.45. The van der Waals surface area contributed by atoms with Gasteiger partial charge in [0, 0.05) is 56.6 Å². The average Bonchev–Trinajstić information content (AvgIpc) is 3.17. The molecule has 3 heterocycles. The highest BCUT2D eigenvalue weighted by molar-refractivity contribution is 5.77. The Morgan fingerprint density at radius 3 is 2.70 bits per heavy atom. The quantitative estimate of drug-likeness (QED) is 0.740. The molecule has 1 aliphatic heterocycles. The average molecular weight is 365 g/mol. The van der Waals surface area contributed by atoms with E-state index in [-0.39, 0.29) is 5.91 Å². The molecule has 0 unspecified atom stereocenters. The lowest BCUT2D eigenvalue weighted by Crippen LogP contribution is -2.49. The Balaban J connectivity index is 1.28. The van der Waals surface area contributed by atoms with Crippen molar-refractivity contribution in [3.05, 3.63) is 48.4 Å². The van der Waals surface area contributed by atoms with Crippen molar-refractivity contribution >= 4 is 23.2 Å². The number of benzene rings is 1. The number of amides is 1. The fourth-order valence-electron chi connectivity index (χ4n) is 3.36. The van der Waals surface area contributed by atoms with Crippen LogP contribution in [0.1, 0.15) is 12.1 Å². The summed E-state index contributed by atoms with van der Waals surface area (Å²) >= 11 is 0. The Labute approximate surface area is 157 Å². The third-order valence-corrected chi connectivity index (χ3v) is 4.78. The number of aryl methyl sites for hydroxylation is 1. The SMILES string of the molecule is Cc1cc(NCCC(=O)N2CCN(c3ccccc3)CC2)n2ncnc2n1. The number of para-hydroxylation sites is 1. The number of piperazine rings is 1. The second-order valence-corrected chi connectivity index (χ2v) is 6.63. The van der Waals surface area contributed by atoms with Crippen LogP contribution in [0.15, 0.2) is 42.7 Å². The summed E-state index contributed by atoms with van der Waals surface area (Å²) < 4.78 is 1.65. The highest BCUT2D eigenvalue weighted by atomic mass is 16.2. The van der Waals surface area contributed by atoms with Gasteiger partial charge in [-0.05, 0) is 19.1 Å². The summed E-state index contributed by atoms with van der Waals surface area (Å²) in [7, 11) is 0. The number of hydrogen-bond donors (Lipinski definition) is 1. The second kappa shape index (κ2) is 7.61. The summed E-state index contributed by atoms with van der Waals surface area (Å²) in [4.78, 5) is 25.2. The predicted octanol–water partition coefficient (Wildman–Crippen LogP) is 1.58. The summed E-state index contributed by atoms with van der Waals surface area (Å²) in [5.74, 6) is 1.54. The molecule has 0 radical (unpaired) electrons. The molecule has 0 aliphatic carbocycles. The maximum absolute atomic E-state index is 12.5. The Bertz CT molecular complexity index is 916. The zero-order valence-corrected chi connectivity index (χ0v) is 15.4. The van der Waals surface area contributed by atoms with Gasteiger partial charge in [-0.3, -0.25) is 4.79 Å². The minimum Gasteiger partial charge on any atom is -0.369 e. The molecule has 1 aromatic carbocycles. The van der Waals surface area contributed by atoms with E-state index in [9.17, 15) is 4.79 Å². The molecule has 1 N–H and O–H groups in total. The van der Waals surface area contributed by atoms with Crippen molar-refractivity contribution in [2.24, 2.45) is 0 Å². The molecule has 0 atom stereocenters. The number of fused-ring (bicyclic) bond motifs is 1. The minimum atomic E-state index is 0.177. The normalized spacial score (nSPS) is 14.6. The molecule has 2 aromatic heterocycles. The van der Waals surface area contributed by atoms with E-state index in [0.717, 1.165) is 37.7 Å². The number of nitrogens with one attached hydrogen (secondary N) is 1. The first-order chi connectivity index (χ1) is 13.2. The molecule has 1 amide bonds. The van der Waals surface area contributed by atoms with Crippen molar-refractivity contribution in [2.75, 3.05) is 42.9 Å². The lowest BCUT2D eigenvalue weighted by molar-refractivity contribution is -0.131. The third kappa shape index (κ3) is 3.84. The van der Waals surface area contributed by atoms with Crippen molar-refractivity contribution in [3.63, 3.8) is 0 Å². The van der Waals surface area contributed by atoms with E-state index in [1.54, 1.807) is 4.52 Å². The monoisotopic (exact) mass is 365 g/mol. The van der Waals surface area contributed by atoms with Crippen LogP contribution in [-0.4, -0.2) is 63.1 Å². The van der Waals surface area contributed by atoms with Gasteiger partial charge in [0.1, 0.15) is 12.1 Å². The van der Waals surface area contributed by atoms with Crippen molar-refractivity contribution in [1.82, 2.24) is 24.5 Å². The molecule has 8 heteroatoms. The van der Waals surface area contributed by atoms with Gasteiger partial charge in [0.2, 0.25) is 5.91 Å². The molecule has 27 heavy (non-hydrogen) atoms. The van der Waals surface area contributed by atoms with Crippen LogP contribution in [0.25, 0.3) is 5.78 Å². The molecule has 1 aliphatic rings. The summed E-state index contributed by atoms with van der Waals surface area (Å²) in [5.41, 5.74) is 2.08. The molecule has 140 valence electrons. The molecule has 3 aromatic rings. The number of carbonyl (C=O) groups is 1. The van der Waals surface area contributed by atoms with Gasteiger partial charge in [0.15, 0.2) is 0 Å². The first kappa shape index (κ1) is 17.3. The highest BCUT2D eigenvalue weighted by Crippen LogP contribution is 2.16. The van der Waals surface area contributed by atoms with Gasteiger partial charge in [-0.2, -0.15) is 14.6 Å². The van der Waals surface area contributed by atoms with Gasteiger partial charge >= 0.3 is 0 Å². The lowest BCUT2D eigenvalue weighted by atomic mass is 10.2. The predicted molar refractivity (Wildman–Crippen MR) is 104 cm³/mol. The van der Waals surface area contributed by atoms with Gasteiger partial charge in [-0.1, -0.05) is 18.2 Å². The van der Waals surface area contributed by atoms with Crippen molar-refractivity contribution in [2.45, 2.75) is 13.3 Å². The number of rotatable bonds is 5. The molecule has 8 nitrogen and oxygen atoms in total. The van der Waals surface area contributed by atoms with Gasteiger partial charge < -0.3 is 15.1 Å². The topological polar surface area (TPSA) is 78.7 Å². The standard InChI is InChI=1S/C19H23N7O/c1-15-13-17(26-19(23-15)21-14-22-26)20-8-7-18(27)25-11-9-24(10-12-25)16-5-3-2-4-6-16/h2-6,13-14,20H,7-12H2,1H3. The summed E-state index contributed by atoms with van der Waals surface area (Å²) in [6.07, 6.45) is 1.92. The Hall–Kier alpha value is -3.16. The first-order valence-electron chi connectivity index (χ1n) is 9.20. The zero-order chi connectivity index (χ0) is 18.6. The highest BCUT2D eigenvalue weighted by Gasteiger charge is 2.20. The maximum Gasteiger partial charge on any atom is 0.254 e. The van der Waals surface area contributed by atoms with Crippen LogP contribution >= 0.6 is 0 Å². The number of anilines is 2. The molecule has 0 saturated carbocycles. The van der Waals surface area contributed by atoms with E-state index in [0.29, 0.717) is 18.7 Å². The maximum atomic E-state index is 12.5. The lowest BCUT2D eigenvalue weighted by Gasteiger charge is -2.36. The van der Waals surface area contributed by atoms with E-state index in [4.69, 9.17) is 0 Å². The van der Waals surface area contributed by atoms with Crippen molar-refractivity contribution in [1.29, 1.82) is 0 Å². The Morgan fingerprint density at radius 2 is 1.93 bits per heavy atom. The van der Waals surface area contributed by atoms with Crippen molar-refractivity contribution in [3.8, 4) is 0 Å². The number of hydrogen-bond acceptors (Lipinski definition) is 6. The largest absolute Gasteiger partial charge is 0.369 e. The van der Waals surface area contributed by atoms with Crippen LogP contribution in [0.2, 0.25) is 0 Å². The van der Waals surface area contributed by atoms with Crippen LogP contribution < -0.4 is 10.2 Å².